The second-order valence-electron chi connectivity index (χ2n) is 6.67. The summed E-state index contributed by atoms with van der Waals surface area (Å²) < 4.78 is 43.6. The normalized spacial score (nSPS) is 16.4. The van der Waals surface area contributed by atoms with Crippen LogP contribution in [0.25, 0.3) is 0 Å². The van der Waals surface area contributed by atoms with Gasteiger partial charge >= 0.3 is 6.18 Å². The van der Waals surface area contributed by atoms with Crippen molar-refractivity contribution in [1.82, 2.24) is 15.6 Å². The van der Waals surface area contributed by atoms with Crippen LogP contribution in [-0.2, 0) is 17.5 Å². The molecule has 0 radical (unpaired) electrons. The first-order valence-electron chi connectivity index (χ1n) is 9.57. The summed E-state index contributed by atoms with van der Waals surface area (Å²) in [6.45, 7) is 1.72. The summed E-state index contributed by atoms with van der Waals surface area (Å²) in [5.41, 5.74) is -0.846. The summed E-state index contributed by atoms with van der Waals surface area (Å²) in [5, 5.41) is 7.56. The number of rotatable bonds is 8. The van der Waals surface area contributed by atoms with Crippen LogP contribution < -0.4 is 10.6 Å². The number of aliphatic imine (C=N–C) groups is 1. The minimum Gasteiger partial charge on any atom is -0.378 e. The van der Waals surface area contributed by atoms with Crippen molar-refractivity contribution >= 4 is 41.3 Å². The average molecular weight is 534 g/mol. The van der Waals surface area contributed by atoms with Crippen LogP contribution >= 0.6 is 35.3 Å². The van der Waals surface area contributed by atoms with Crippen molar-refractivity contribution in [3.05, 3.63) is 16.1 Å². The molecule has 28 heavy (non-hydrogen) atoms. The van der Waals surface area contributed by atoms with E-state index in [2.05, 4.69) is 20.6 Å². The van der Waals surface area contributed by atoms with Crippen LogP contribution in [-0.4, -0.2) is 37.2 Å². The molecule has 0 aliphatic heterocycles. The van der Waals surface area contributed by atoms with E-state index in [0.717, 1.165) is 42.7 Å². The first-order chi connectivity index (χ1) is 13.0. The maximum Gasteiger partial charge on any atom is 0.434 e. The number of halogens is 4. The van der Waals surface area contributed by atoms with Gasteiger partial charge in [0.25, 0.3) is 0 Å². The number of nitrogens with one attached hydrogen (secondary N) is 2. The molecule has 1 aliphatic rings. The van der Waals surface area contributed by atoms with Gasteiger partial charge in [-0.15, -0.1) is 35.3 Å². The number of aromatic nitrogens is 1. The number of guanidine groups is 1. The maximum atomic E-state index is 12.6. The first kappa shape index (κ1) is 25.4. The molecule has 1 saturated carbocycles. The average Bonchev–Trinajstić information content (AvgIpc) is 2.97. The molecular formula is C18H30F3IN4OS. The van der Waals surface area contributed by atoms with Gasteiger partial charge < -0.3 is 15.4 Å². The zero-order valence-electron chi connectivity index (χ0n) is 16.2. The van der Waals surface area contributed by atoms with E-state index in [1.165, 1.54) is 38.5 Å². The number of alkyl halides is 3. The summed E-state index contributed by atoms with van der Waals surface area (Å²) in [4.78, 5) is 7.67. The number of hydrogen-bond acceptors (Lipinski definition) is 4. The van der Waals surface area contributed by atoms with Crippen LogP contribution in [0.15, 0.2) is 10.4 Å². The molecule has 0 atom stereocenters. The highest BCUT2D eigenvalue weighted by Crippen LogP contribution is 2.29. The van der Waals surface area contributed by atoms with Gasteiger partial charge in [0.05, 0.1) is 12.6 Å². The van der Waals surface area contributed by atoms with Crippen molar-refractivity contribution in [3.8, 4) is 0 Å². The van der Waals surface area contributed by atoms with Crippen molar-refractivity contribution in [3.63, 3.8) is 0 Å². The third-order valence-electron chi connectivity index (χ3n) is 4.49. The zero-order valence-corrected chi connectivity index (χ0v) is 19.3. The second kappa shape index (κ2) is 13.6. The summed E-state index contributed by atoms with van der Waals surface area (Å²) >= 11 is 0.986. The van der Waals surface area contributed by atoms with Crippen LogP contribution in [0.1, 0.15) is 62.1 Å². The molecule has 10 heteroatoms. The fraction of sp³-hybridized carbons (Fsp3) is 0.778. The van der Waals surface area contributed by atoms with Gasteiger partial charge in [0.1, 0.15) is 5.01 Å². The Morgan fingerprint density at radius 1 is 1.21 bits per heavy atom. The lowest BCUT2D eigenvalue weighted by molar-refractivity contribution is -0.140. The molecule has 0 spiro atoms. The van der Waals surface area contributed by atoms with Crippen LogP contribution in [0.3, 0.4) is 0 Å². The highest BCUT2D eigenvalue weighted by atomic mass is 127. The zero-order chi connectivity index (χ0) is 19.5. The largest absolute Gasteiger partial charge is 0.434 e. The summed E-state index contributed by atoms with van der Waals surface area (Å²) in [6.07, 6.45) is 5.52. The maximum absolute atomic E-state index is 12.6. The number of ether oxygens (including phenoxy) is 1. The Morgan fingerprint density at radius 3 is 2.54 bits per heavy atom. The Kier molecular flexibility index (Phi) is 12.3. The summed E-state index contributed by atoms with van der Waals surface area (Å²) in [7, 11) is 1.63. The lowest BCUT2D eigenvalue weighted by Gasteiger charge is -2.15. The summed E-state index contributed by atoms with van der Waals surface area (Å²) in [5.74, 6) is 0.559. The summed E-state index contributed by atoms with van der Waals surface area (Å²) in [6, 6.07) is 0. The Bertz CT molecular complexity index is 575. The first-order valence-corrected chi connectivity index (χ1v) is 10.4. The highest BCUT2D eigenvalue weighted by Gasteiger charge is 2.33. The van der Waals surface area contributed by atoms with E-state index < -0.39 is 11.9 Å². The Morgan fingerprint density at radius 2 is 1.93 bits per heavy atom. The molecule has 1 aliphatic carbocycles. The predicted molar refractivity (Wildman–Crippen MR) is 117 cm³/mol. The molecule has 1 fully saturated rings. The van der Waals surface area contributed by atoms with E-state index >= 15 is 0 Å². The van der Waals surface area contributed by atoms with Gasteiger partial charge in [-0.3, -0.25) is 4.99 Å². The van der Waals surface area contributed by atoms with Gasteiger partial charge in [-0.2, -0.15) is 13.2 Å². The van der Waals surface area contributed by atoms with Crippen molar-refractivity contribution in [2.24, 2.45) is 4.99 Å². The molecule has 2 rings (SSSR count). The van der Waals surface area contributed by atoms with Crippen molar-refractivity contribution in [2.45, 2.75) is 70.2 Å². The van der Waals surface area contributed by atoms with E-state index in [1.807, 2.05) is 0 Å². The molecule has 162 valence electrons. The molecule has 0 unspecified atom stereocenters. The van der Waals surface area contributed by atoms with E-state index in [4.69, 9.17) is 4.74 Å². The van der Waals surface area contributed by atoms with Crippen LogP contribution in [0.4, 0.5) is 13.2 Å². The fourth-order valence-electron chi connectivity index (χ4n) is 2.99. The lowest BCUT2D eigenvalue weighted by Crippen LogP contribution is -2.37. The van der Waals surface area contributed by atoms with Gasteiger partial charge in [-0.05, 0) is 25.7 Å². The molecule has 1 aromatic rings. The van der Waals surface area contributed by atoms with E-state index in [-0.39, 0.29) is 30.5 Å². The van der Waals surface area contributed by atoms with Crippen molar-refractivity contribution < 1.29 is 17.9 Å². The monoisotopic (exact) mass is 534 g/mol. The number of unbranched alkanes of at least 4 members (excludes halogenated alkanes) is 1. The number of hydrogen-bond donors (Lipinski definition) is 2. The lowest BCUT2D eigenvalue weighted by atomic mass is 10.1. The number of nitrogens with zero attached hydrogens (tertiary/aromatic N) is 2. The van der Waals surface area contributed by atoms with Gasteiger partial charge in [0, 0.05) is 25.6 Å². The van der Waals surface area contributed by atoms with E-state index in [0.29, 0.717) is 17.1 Å². The SMILES string of the molecule is CN=C(NCCCCOC1CCCCCC1)NCc1nc(C(F)(F)F)cs1.I. The van der Waals surface area contributed by atoms with Crippen LogP contribution in [0.5, 0.6) is 0 Å². The van der Waals surface area contributed by atoms with E-state index in [1.54, 1.807) is 7.05 Å². The molecule has 0 amide bonds. The third-order valence-corrected chi connectivity index (χ3v) is 5.34. The standard InChI is InChI=1S/C18H29F3N4OS.HI/c1-22-17(24-12-16-25-15(13-27-16)18(19,20)21)23-10-6-7-11-26-14-8-4-2-3-5-9-14;/h13-14H,2-12H2,1H3,(H2,22,23,24);1H. The fourth-order valence-corrected chi connectivity index (χ4v) is 3.74. The molecule has 0 aromatic carbocycles. The quantitative estimate of drug-likeness (QED) is 0.163. The number of thiazole rings is 1. The van der Waals surface area contributed by atoms with Gasteiger partial charge in [-0.1, -0.05) is 25.7 Å². The van der Waals surface area contributed by atoms with Gasteiger partial charge in [0.2, 0.25) is 0 Å². The highest BCUT2D eigenvalue weighted by molar-refractivity contribution is 14.0. The second-order valence-corrected chi connectivity index (χ2v) is 7.61. The minimum absolute atomic E-state index is 0. The van der Waals surface area contributed by atoms with Gasteiger partial charge in [0.15, 0.2) is 11.7 Å². The molecule has 0 bridgehead atoms. The molecule has 1 aromatic heterocycles. The van der Waals surface area contributed by atoms with Crippen LogP contribution in [0.2, 0.25) is 0 Å². The predicted octanol–water partition coefficient (Wildman–Crippen LogP) is 4.96. The molecule has 2 N–H and O–H groups in total. The molecule has 1 heterocycles. The third kappa shape index (κ3) is 9.73. The molecule has 0 saturated heterocycles. The minimum atomic E-state index is -4.40. The van der Waals surface area contributed by atoms with Crippen molar-refractivity contribution in [1.29, 1.82) is 0 Å². The Hall–Kier alpha value is -0.620. The Balaban J connectivity index is 0.00000392. The van der Waals surface area contributed by atoms with Crippen LogP contribution in [0, 0.1) is 0 Å². The topological polar surface area (TPSA) is 58.5 Å². The molecule has 5 nitrogen and oxygen atoms in total. The van der Waals surface area contributed by atoms with E-state index in [9.17, 15) is 13.2 Å². The van der Waals surface area contributed by atoms with Gasteiger partial charge in [-0.25, -0.2) is 4.98 Å². The Labute approximate surface area is 186 Å². The van der Waals surface area contributed by atoms with Crippen molar-refractivity contribution in [2.75, 3.05) is 20.2 Å². The molecular weight excluding hydrogens is 504 g/mol. The smallest absolute Gasteiger partial charge is 0.378 e.